The molecule has 0 bridgehead atoms. The summed E-state index contributed by atoms with van der Waals surface area (Å²) in [6.07, 6.45) is -11.3. The van der Waals surface area contributed by atoms with Crippen LogP contribution in [0.3, 0.4) is 0 Å². The van der Waals surface area contributed by atoms with Crippen LogP contribution < -0.4 is 4.74 Å². The second-order valence-corrected chi connectivity index (χ2v) is 9.41. The summed E-state index contributed by atoms with van der Waals surface area (Å²) in [7, 11) is 1.47. The van der Waals surface area contributed by atoms with Crippen LogP contribution in [0.15, 0.2) is 49.1 Å². The number of esters is 1. The van der Waals surface area contributed by atoms with E-state index in [0.29, 0.717) is 11.3 Å². The quantitative estimate of drug-likeness (QED) is 0.155. The zero-order chi connectivity index (χ0) is 30.5. The van der Waals surface area contributed by atoms with Gasteiger partial charge in [0, 0.05) is 30.0 Å². The molecule has 1 unspecified atom stereocenters. The largest absolute Gasteiger partial charge is 0.511 e. The molecule has 1 saturated heterocycles. The van der Waals surface area contributed by atoms with E-state index in [2.05, 4.69) is 6.58 Å². The Balaban J connectivity index is 2.20. The first kappa shape index (κ1) is 31.9. The summed E-state index contributed by atoms with van der Waals surface area (Å²) in [4.78, 5) is 23.9. The normalized spacial score (nSPS) is 25.5. The Kier molecular flexibility index (Phi) is 10.4. The minimum Gasteiger partial charge on any atom is -0.497 e. The minimum absolute atomic E-state index is 0.192. The van der Waals surface area contributed by atoms with E-state index in [9.17, 15) is 35.1 Å². The van der Waals surface area contributed by atoms with Crippen LogP contribution in [-0.2, 0) is 35.9 Å². The van der Waals surface area contributed by atoms with Gasteiger partial charge in [0.2, 0.25) is 5.79 Å². The van der Waals surface area contributed by atoms with E-state index >= 15 is 4.39 Å². The van der Waals surface area contributed by atoms with Crippen LogP contribution in [0.4, 0.5) is 9.18 Å². The molecule has 5 N–H and O–H groups in total. The number of carbonyl (C=O) groups is 2. The molecule has 1 heterocycles. The fourth-order valence-electron chi connectivity index (χ4n) is 4.37. The molecule has 1 aliphatic heterocycles. The third-order valence-corrected chi connectivity index (χ3v) is 6.41. The summed E-state index contributed by atoms with van der Waals surface area (Å²) in [6, 6.07) is 8.40. The fourth-order valence-corrected chi connectivity index (χ4v) is 4.37. The van der Waals surface area contributed by atoms with Crippen LogP contribution in [0.25, 0.3) is 0 Å². The Labute approximate surface area is 235 Å². The van der Waals surface area contributed by atoms with E-state index in [4.69, 9.17) is 23.7 Å². The van der Waals surface area contributed by atoms with E-state index in [1.54, 1.807) is 24.3 Å². The molecule has 2 aromatic carbocycles. The second kappa shape index (κ2) is 13.4. The average Bonchev–Trinajstić information content (AvgIpc) is 2.93. The molecule has 3 rings (SSSR count). The lowest BCUT2D eigenvalue weighted by atomic mass is 9.83. The van der Waals surface area contributed by atoms with E-state index < -0.39 is 66.1 Å². The predicted octanol–water partition coefficient (Wildman–Crippen LogP) is 1.33. The van der Waals surface area contributed by atoms with Crippen LogP contribution in [-0.4, -0.2) is 81.9 Å². The van der Waals surface area contributed by atoms with Crippen molar-refractivity contribution < 1.29 is 63.2 Å². The zero-order valence-electron chi connectivity index (χ0n) is 22.6. The van der Waals surface area contributed by atoms with Gasteiger partial charge in [-0.05, 0) is 36.8 Å². The lowest BCUT2D eigenvalue weighted by Crippen LogP contribution is -2.65. The number of ether oxygens (including phenoxy) is 5. The van der Waals surface area contributed by atoms with Gasteiger partial charge >= 0.3 is 12.1 Å². The molecule has 0 amide bonds. The van der Waals surface area contributed by atoms with Gasteiger partial charge in [0.25, 0.3) is 6.29 Å². The third-order valence-electron chi connectivity index (χ3n) is 6.41. The highest BCUT2D eigenvalue weighted by atomic mass is 19.1. The van der Waals surface area contributed by atoms with Crippen molar-refractivity contribution in [2.75, 3.05) is 13.7 Å². The van der Waals surface area contributed by atoms with Crippen molar-refractivity contribution in [1.82, 2.24) is 0 Å². The molecule has 224 valence electrons. The molecule has 1 fully saturated rings. The molecular formula is C28H33FO12. The van der Waals surface area contributed by atoms with Crippen molar-refractivity contribution >= 4 is 12.1 Å². The molecule has 0 saturated carbocycles. The number of methoxy groups -OCH3 is 1. The van der Waals surface area contributed by atoms with Crippen LogP contribution >= 0.6 is 0 Å². The Hall–Kier alpha value is -3.59. The smallest absolute Gasteiger partial charge is 0.497 e. The maximum Gasteiger partial charge on any atom is 0.511 e. The SMILES string of the molecule is C=CCOC(=O)OC(OC(C)=O)c1cc(F)c(Cc2ccc(OC)cc2)c([C@@]2(O)O[C@H]([C@H](C)O)[C@@H](O)[C@H](O)[C@H]2O)c1. The number of hydrogen-bond donors (Lipinski definition) is 5. The first-order valence-electron chi connectivity index (χ1n) is 12.5. The van der Waals surface area contributed by atoms with Gasteiger partial charge in [-0.15, -0.1) is 0 Å². The number of aliphatic hydroxyl groups excluding tert-OH is 4. The van der Waals surface area contributed by atoms with Crippen molar-refractivity contribution in [3.63, 3.8) is 0 Å². The van der Waals surface area contributed by atoms with E-state index in [1.165, 1.54) is 20.1 Å². The molecule has 41 heavy (non-hydrogen) atoms. The van der Waals surface area contributed by atoms with Crippen molar-refractivity contribution in [3.05, 3.63) is 77.1 Å². The van der Waals surface area contributed by atoms with Crippen molar-refractivity contribution in [1.29, 1.82) is 0 Å². The summed E-state index contributed by atoms with van der Waals surface area (Å²) >= 11 is 0. The van der Waals surface area contributed by atoms with Gasteiger partial charge in [0.05, 0.1) is 13.2 Å². The molecule has 13 heteroatoms. The molecule has 0 radical (unpaired) electrons. The highest BCUT2D eigenvalue weighted by Gasteiger charge is 2.56. The molecule has 12 nitrogen and oxygen atoms in total. The van der Waals surface area contributed by atoms with Gasteiger partial charge in [-0.2, -0.15) is 0 Å². The lowest BCUT2D eigenvalue weighted by molar-refractivity contribution is -0.364. The molecule has 2 aromatic rings. The Bertz CT molecular complexity index is 1230. The lowest BCUT2D eigenvalue weighted by Gasteiger charge is -2.47. The summed E-state index contributed by atoms with van der Waals surface area (Å²) in [6.45, 7) is 5.38. The van der Waals surface area contributed by atoms with Gasteiger partial charge in [-0.25, -0.2) is 9.18 Å². The van der Waals surface area contributed by atoms with Gasteiger partial charge in [-0.3, -0.25) is 4.79 Å². The monoisotopic (exact) mass is 580 g/mol. The number of halogens is 1. The number of carbonyl (C=O) groups excluding carboxylic acids is 2. The number of aliphatic hydroxyl groups is 5. The number of hydrogen-bond acceptors (Lipinski definition) is 12. The summed E-state index contributed by atoms with van der Waals surface area (Å²) in [5, 5.41) is 53.6. The molecular weight excluding hydrogens is 547 g/mol. The van der Waals surface area contributed by atoms with Gasteiger partial charge in [0.15, 0.2) is 0 Å². The molecule has 0 aromatic heterocycles. The second-order valence-electron chi connectivity index (χ2n) is 9.41. The highest BCUT2D eigenvalue weighted by Crippen LogP contribution is 2.41. The summed E-state index contributed by atoms with van der Waals surface area (Å²) in [5.74, 6) is -4.32. The van der Waals surface area contributed by atoms with Crippen LogP contribution in [0.1, 0.15) is 42.4 Å². The van der Waals surface area contributed by atoms with Crippen LogP contribution in [0, 0.1) is 5.82 Å². The van der Waals surface area contributed by atoms with Crippen LogP contribution in [0.5, 0.6) is 5.75 Å². The Morgan fingerprint density at radius 2 is 1.80 bits per heavy atom. The molecule has 0 aliphatic carbocycles. The van der Waals surface area contributed by atoms with Crippen molar-refractivity contribution in [3.8, 4) is 5.75 Å². The van der Waals surface area contributed by atoms with Crippen molar-refractivity contribution in [2.45, 2.75) is 62.9 Å². The van der Waals surface area contributed by atoms with E-state index in [1.807, 2.05) is 0 Å². The average molecular weight is 581 g/mol. The van der Waals surface area contributed by atoms with Gasteiger partial charge in [-0.1, -0.05) is 24.8 Å². The predicted molar refractivity (Wildman–Crippen MR) is 138 cm³/mol. The standard InChI is InChI=1S/C28H33FO12/c1-5-10-38-27(35)40-26(39-15(3)31)17-12-20(28(36)25(34)23(33)22(32)24(41-28)14(2)30)19(21(29)13-17)11-16-6-8-18(37-4)9-7-16/h5-9,12-14,22-26,30,32-34,36H,1,10-11H2,2-4H3/t14-,22-,23-,24+,25+,26?,28+/m0/s1. The number of benzene rings is 2. The molecule has 7 atom stereocenters. The number of rotatable bonds is 10. The summed E-state index contributed by atoms with van der Waals surface area (Å²) < 4.78 is 41.4. The third kappa shape index (κ3) is 7.19. The van der Waals surface area contributed by atoms with E-state index in [-0.39, 0.29) is 24.2 Å². The fraction of sp³-hybridized carbons (Fsp3) is 0.429. The maximum atomic E-state index is 15.9. The first-order valence-corrected chi connectivity index (χ1v) is 12.5. The molecule has 1 aliphatic rings. The van der Waals surface area contributed by atoms with Crippen LogP contribution in [0.2, 0.25) is 0 Å². The minimum atomic E-state index is -2.91. The first-order chi connectivity index (χ1) is 19.3. The summed E-state index contributed by atoms with van der Waals surface area (Å²) in [5.41, 5.74) is -0.488. The molecule has 0 spiro atoms. The zero-order valence-corrected chi connectivity index (χ0v) is 22.6. The van der Waals surface area contributed by atoms with E-state index in [0.717, 1.165) is 19.1 Å². The maximum absolute atomic E-state index is 15.9. The Morgan fingerprint density at radius 3 is 2.37 bits per heavy atom. The van der Waals surface area contributed by atoms with Crippen molar-refractivity contribution in [2.24, 2.45) is 0 Å². The van der Waals surface area contributed by atoms with Gasteiger partial charge in [0.1, 0.15) is 42.6 Å². The topological polar surface area (TPSA) is 181 Å². The van der Waals surface area contributed by atoms with Gasteiger partial charge < -0.3 is 49.2 Å². The Morgan fingerprint density at radius 1 is 1.15 bits per heavy atom. The highest BCUT2D eigenvalue weighted by molar-refractivity contribution is 5.67.